The van der Waals surface area contributed by atoms with Gasteiger partial charge in [0.2, 0.25) is 17.6 Å². The van der Waals surface area contributed by atoms with Crippen molar-refractivity contribution >= 4 is 35.3 Å². The van der Waals surface area contributed by atoms with Crippen LogP contribution in [0.25, 0.3) is 0 Å². The molecule has 206 valence electrons. The van der Waals surface area contributed by atoms with E-state index in [0.29, 0.717) is 32.2 Å². The summed E-state index contributed by atoms with van der Waals surface area (Å²) in [6, 6.07) is -4.01. The summed E-state index contributed by atoms with van der Waals surface area (Å²) < 4.78 is 0. The standard InChI is InChI=1S/C26H41N5O6/c1-5-16(19(32)15-10-11-15)29-25(37)30-21(26(2,3)4)24(36)31-12-6-7-18(31)23(35)28-17(13-14-8-9-14)20(33)22(27)34/h14-18,21H,5-13H2,1-4H3,(H2,27,34)(H,28,35)(H2,29,30,37). The van der Waals surface area contributed by atoms with Gasteiger partial charge in [-0.2, -0.15) is 0 Å². The van der Waals surface area contributed by atoms with Crippen molar-refractivity contribution < 1.29 is 28.8 Å². The Morgan fingerprint density at radius 3 is 2.08 bits per heavy atom. The fraction of sp³-hybridized carbons (Fsp3) is 0.769. The molecule has 3 fully saturated rings. The third-order valence-corrected chi connectivity index (χ3v) is 7.41. The summed E-state index contributed by atoms with van der Waals surface area (Å²) in [5, 5.41) is 8.11. The molecular formula is C26H41N5O6. The molecule has 11 heteroatoms. The van der Waals surface area contributed by atoms with Crippen molar-refractivity contribution in [1.29, 1.82) is 0 Å². The number of ketones is 2. The molecule has 11 nitrogen and oxygen atoms in total. The molecule has 0 aromatic heterocycles. The Bertz CT molecular complexity index is 936. The number of hydrogen-bond acceptors (Lipinski definition) is 6. The topological polar surface area (TPSA) is 168 Å². The molecular weight excluding hydrogens is 478 g/mol. The summed E-state index contributed by atoms with van der Waals surface area (Å²) in [5.41, 5.74) is 4.50. The molecule has 1 heterocycles. The van der Waals surface area contributed by atoms with Crippen LogP contribution in [-0.2, 0) is 24.0 Å². The summed E-state index contributed by atoms with van der Waals surface area (Å²) in [6.45, 7) is 7.58. The number of likely N-dealkylation sites (tertiary alicyclic amines) is 1. The normalized spacial score (nSPS) is 21.9. The molecule has 0 aromatic carbocycles. The lowest BCUT2D eigenvalue weighted by Crippen LogP contribution is -2.60. The van der Waals surface area contributed by atoms with Gasteiger partial charge >= 0.3 is 6.03 Å². The minimum absolute atomic E-state index is 0.000600. The van der Waals surface area contributed by atoms with Crippen LogP contribution in [0, 0.1) is 17.3 Å². The predicted molar refractivity (Wildman–Crippen MR) is 135 cm³/mol. The van der Waals surface area contributed by atoms with E-state index in [1.54, 1.807) is 0 Å². The van der Waals surface area contributed by atoms with Crippen LogP contribution in [0.3, 0.4) is 0 Å². The fourth-order valence-electron chi connectivity index (χ4n) is 4.83. The molecule has 0 radical (unpaired) electrons. The zero-order valence-corrected chi connectivity index (χ0v) is 22.3. The van der Waals surface area contributed by atoms with E-state index in [1.807, 2.05) is 27.7 Å². The number of nitrogens with one attached hydrogen (secondary N) is 3. The molecule has 1 aliphatic heterocycles. The highest BCUT2D eigenvalue weighted by Gasteiger charge is 2.43. The number of Topliss-reactive ketones (excluding diaryl/α,β-unsaturated/α-hetero) is 2. The van der Waals surface area contributed by atoms with Gasteiger partial charge in [0.25, 0.3) is 5.91 Å². The highest BCUT2D eigenvalue weighted by molar-refractivity contribution is 6.37. The van der Waals surface area contributed by atoms with Crippen LogP contribution >= 0.6 is 0 Å². The molecule has 2 aliphatic carbocycles. The molecule has 5 amide bonds. The van der Waals surface area contributed by atoms with E-state index in [1.165, 1.54) is 4.90 Å². The minimum Gasteiger partial charge on any atom is -0.363 e. The number of carbonyl (C=O) groups is 6. The second kappa shape index (κ2) is 11.6. The Morgan fingerprint density at radius 1 is 0.919 bits per heavy atom. The van der Waals surface area contributed by atoms with Gasteiger partial charge in [0.05, 0.1) is 12.1 Å². The highest BCUT2D eigenvalue weighted by Crippen LogP contribution is 2.34. The molecule has 0 spiro atoms. The molecule has 4 unspecified atom stereocenters. The summed E-state index contributed by atoms with van der Waals surface area (Å²) in [6.07, 6.45) is 5.32. The second-order valence-electron chi connectivity index (χ2n) is 11.7. The van der Waals surface area contributed by atoms with Crippen molar-refractivity contribution in [2.75, 3.05) is 6.54 Å². The summed E-state index contributed by atoms with van der Waals surface area (Å²) in [4.78, 5) is 77.3. The summed E-state index contributed by atoms with van der Waals surface area (Å²) in [7, 11) is 0. The van der Waals surface area contributed by atoms with Crippen molar-refractivity contribution in [3.63, 3.8) is 0 Å². The number of nitrogens with two attached hydrogens (primary N) is 1. The van der Waals surface area contributed by atoms with Crippen molar-refractivity contribution in [1.82, 2.24) is 20.9 Å². The first-order chi connectivity index (χ1) is 17.3. The van der Waals surface area contributed by atoms with Crippen LogP contribution < -0.4 is 21.7 Å². The van der Waals surface area contributed by atoms with Crippen LogP contribution in [0.15, 0.2) is 0 Å². The number of carbonyl (C=O) groups excluding carboxylic acids is 6. The van der Waals surface area contributed by atoms with Crippen molar-refractivity contribution in [3.05, 3.63) is 0 Å². The van der Waals surface area contributed by atoms with Gasteiger partial charge < -0.3 is 26.6 Å². The zero-order valence-electron chi connectivity index (χ0n) is 22.3. The van der Waals surface area contributed by atoms with Crippen LogP contribution in [0.2, 0.25) is 0 Å². The highest BCUT2D eigenvalue weighted by atomic mass is 16.2. The van der Waals surface area contributed by atoms with Crippen LogP contribution in [0.4, 0.5) is 4.79 Å². The van der Waals surface area contributed by atoms with E-state index in [-0.39, 0.29) is 17.6 Å². The van der Waals surface area contributed by atoms with Gasteiger partial charge in [0, 0.05) is 12.5 Å². The maximum Gasteiger partial charge on any atom is 0.316 e. The van der Waals surface area contributed by atoms with Crippen LogP contribution in [-0.4, -0.2) is 70.9 Å². The van der Waals surface area contributed by atoms with Crippen LogP contribution in [0.1, 0.15) is 79.1 Å². The summed E-state index contributed by atoms with van der Waals surface area (Å²) >= 11 is 0. The lowest BCUT2D eigenvalue weighted by molar-refractivity contribution is -0.143. The third kappa shape index (κ3) is 7.52. The van der Waals surface area contributed by atoms with E-state index in [9.17, 15) is 28.8 Å². The van der Waals surface area contributed by atoms with Crippen molar-refractivity contribution in [2.45, 2.75) is 103 Å². The second-order valence-corrected chi connectivity index (χ2v) is 11.7. The number of hydrogen-bond donors (Lipinski definition) is 4. The number of urea groups is 1. The Kier molecular flexibility index (Phi) is 8.96. The van der Waals surface area contributed by atoms with Crippen molar-refractivity contribution in [2.24, 2.45) is 23.0 Å². The summed E-state index contributed by atoms with van der Waals surface area (Å²) in [5.74, 6) is -2.59. The first-order valence-corrected chi connectivity index (χ1v) is 13.4. The van der Waals surface area contributed by atoms with Gasteiger partial charge in [-0.1, -0.05) is 40.5 Å². The largest absolute Gasteiger partial charge is 0.363 e. The maximum atomic E-state index is 13.7. The van der Waals surface area contributed by atoms with Crippen molar-refractivity contribution in [3.8, 4) is 0 Å². The maximum absolute atomic E-state index is 13.7. The number of rotatable bonds is 12. The Hall–Kier alpha value is -2.98. The van der Waals surface area contributed by atoms with E-state index < -0.39 is 59.1 Å². The van der Waals surface area contributed by atoms with E-state index >= 15 is 0 Å². The zero-order chi connectivity index (χ0) is 27.5. The monoisotopic (exact) mass is 519 g/mol. The Balaban J connectivity index is 1.68. The Labute approximate surface area is 218 Å². The fourth-order valence-corrected chi connectivity index (χ4v) is 4.83. The molecule has 0 aromatic rings. The third-order valence-electron chi connectivity index (χ3n) is 7.41. The number of primary amides is 1. The smallest absolute Gasteiger partial charge is 0.316 e. The van der Waals surface area contributed by atoms with Gasteiger partial charge in [-0.25, -0.2) is 4.79 Å². The quantitative estimate of drug-likeness (QED) is 0.278. The molecule has 0 bridgehead atoms. The molecule has 37 heavy (non-hydrogen) atoms. The SMILES string of the molecule is CCC(NC(=O)NC(C(=O)N1CCCC1C(=O)NC(CC1CC1)C(=O)C(N)=O)C(C)(C)C)C(=O)C1CC1. The first-order valence-electron chi connectivity index (χ1n) is 13.4. The van der Waals surface area contributed by atoms with Gasteiger partial charge in [-0.3, -0.25) is 24.0 Å². The number of nitrogens with zero attached hydrogens (tertiary/aromatic N) is 1. The molecule has 4 atom stereocenters. The lowest BCUT2D eigenvalue weighted by atomic mass is 9.85. The average molecular weight is 520 g/mol. The molecule has 2 saturated carbocycles. The molecule has 3 aliphatic rings. The average Bonchev–Trinajstić information content (AvgIpc) is 3.77. The molecule has 5 N–H and O–H groups in total. The van der Waals surface area contributed by atoms with Gasteiger partial charge in [-0.15, -0.1) is 0 Å². The Morgan fingerprint density at radius 2 is 1.57 bits per heavy atom. The van der Waals surface area contributed by atoms with Crippen LogP contribution in [0.5, 0.6) is 0 Å². The molecule has 1 saturated heterocycles. The molecule has 3 rings (SSSR count). The van der Waals surface area contributed by atoms with Gasteiger partial charge in [-0.05, 0) is 49.9 Å². The first kappa shape index (κ1) is 28.6. The predicted octanol–water partition coefficient (Wildman–Crippen LogP) is 0.788. The number of amides is 5. The van der Waals surface area contributed by atoms with E-state index in [0.717, 1.165) is 25.7 Å². The van der Waals surface area contributed by atoms with Gasteiger partial charge in [0.15, 0.2) is 5.78 Å². The van der Waals surface area contributed by atoms with E-state index in [2.05, 4.69) is 16.0 Å². The lowest BCUT2D eigenvalue weighted by Gasteiger charge is -2.36. The minimum atomic E-state index is -1.10. The van der Waals surface area contributed by atoms with Gasteiger partial charge in [0.1, 0.15) is 12.1 Å². The van der Waals surface area contributed by atoms with E-state index in [4.69, 9.17) is 5.73 Å².